The molecule has 0 radical (unpaired) electrons. The maximum absolute atomic E-state index is 2.12. The largest absolute Gasteiger partial charge is 1.00 e. The summed E-state index contributed by atoms with van der Waals surface area (Å²) in [4.78, 5) is 0. The maximum atomic E-state index is 2.12. The second kappa shape index (κ2) is 8.03. The van der Waals surface area contributed by atoms with Gasteiger partial charge >= 0.3 is 0 Å². The number of halogens is 3. The van der Waals surface area contributed by atoms with Crippen molar-refractivity contribution in [1.82, 2.24) is 0 Å². The van der Waals surface area contributed by atoms with Gasteiger partial charge in [0, 0.05) is 11.5 Å². The van der Waals surface area contributed by atoms with E-state index >= 15 is 0 Å². The van der Waals surface area contributed by atoms with Gasteiger partial charge in [0.25, 0.3) is 0 Å². The molecular weight excluding hydrogens is 515 g/mol. The first-order chi connectivity index (χ1) is 5.36. The Morgan fingerprint density at radius 1 is 0.929 bits per heavy atom. The molecule has 0 fully saturated rings. The van der Waals surface area contributed by atoms with Crippen LogP contribution in [0.5, 0.6) is 0 Å². The lowest BCUT2D eigenvalue weighted by Crippen LogP contribution is -3.00. The van der Waals surface area contributed by atoms with Gasteiger partial charge in [0.1, 0.15) is 7.05 Å². The molecule has 0 spiro atoms. The number of rotatable bonds is 0. The predicted molar refractivity (Wildman–Crippen MR) is 76.0 cm³/mol. The van der Waals surface area contributed by atoms with Gasteiger partial charge in [-0.15, -0.1) is 48.0 Å². The summed E-state index contributed by atoms with van der Waals surface area (Å²) in [6.07, 6.45) is 4.18. The third-order valence-corrected chi connectivity index (χ3v) is 1.83. The average molecular weight is 527 g/mol. The Bertz CT molecular complexity index is 390. The molecule has 0 bridgehead atoms. The summed E-state index contributed by atoms with van der Waals surface area (Å²) >= 11 is 0. The first-order valence-corrected chi connectivity index (χ1v) is 3.70. The second-order valence-electron chi connectivity index (χ2n) is 2.74. The lowest BCUT2D eigenvalue weighted by molar-refractivity contribution is -0.670. The van der Waals surface area contributed by atoms with Gasteiger partial charge in [0.15, 0.2) is 12.4 Å². The summed E-state index contributed by atoms with van der Waals surface area (Å²) in [6, 6.07) is 10.5. The summed E-state index contributed by atoms with van der Waals surface area (Å²) in [5, 5.41) is 2.59. The highest BCUT2D eigenvalue weighted by molar-refractivity contribution is 14.0. The van der Waals surface area contributed by atoms with Crippen LogP contribution < -0.4 is 28.5 Å². The van der Waals surface area contributed by atoms with Crippen molar-refractivity contribution in [2.24, 2.45) is 7.05 Å². The predicted octanol–water partition coefficient (Wildman–Crippen LogP) is -0.0957. The van der Waals surface area contributed by atoms with Gasteiger partial charge in [-0.1, -0.05) is 18.2 Å². The molecule has 1 heterocycles. The number of pyridine rings is 1. The van der Waals surface area contributed by atoms with Crippen LogP contribution in [0.2, 0.25) is 0 Å². The van der Waals surface area contributed by atoms with Gasteiger partial charge in [-0.2, -0.15) is 0 Å². The summed E-state index contributed by atoms with van der Waals surface area (Å²) in [6.45, 7) is 0. The molecule has 2 rings (SSSR count). The quantitative estimate of drug-likeness (QED) is 0.334. The summed E-state index contributed by atoms with van der Waals surface area (Å²) in [7, 11) is 2.03. The van der Waals surface area contributed by atoms with Crippen LogP contribution in [-0.2, 0) is 7.05 Å². The highest BCUT2D eigenvalue weighted by Gasteiger charge is 1.94. The smallest absolute Gasteiger partial charge is 0.176 e. The van der Waals surface area contributed by atoms with Gasteiger partial charge in [-0.25, -0.2) is 4.57 Å². The van der Waals surface area contributed by atoms with Crippen LogP contribution in [0.3, 0.4) is 0 Å². The van der Waals surface area contributed by atoms with Gasteiger partial charge < -0.3 is 24.0 Å². The van der Waals surface area contributed by atoms with Crippen molar-refractivity contribution in [3.63, 3.8) is 0 Å². The molecular formula is C10H12I3N. The Kier molecular flexibility index (Phi) is 9.88. The molecule has 0 aliphatic heterocycles. The van der Waals surface area contributed by atoms with Crippen LogP contribution in [0, 0.1) is 0 Å². The molecule has 0 N–H and O–H groups in total. The first kappa shape index (κ1) is 17.2. The van der Waals surface area contributed by atoms with Crippen LogP contribution in [0.1, 0.15) is 0 Å². The summed E-state index contributed by atoms with van der Waals surface area (Å²) < 4.78 is 2.06. The van der Waals surface area contributed by atoms with E-state index in [0.717, 1.165) is 0 Å². The van der Waals surface area contributed by atoms with Crippen molar-refractivity contribution in [3.05, 3.63) is 42.7 Å². The van der Waals surface area contributed by atoms with Crippen molar-refractivity contribution in [2.75, 3.05) is 0 Å². The fraction of sp³-hybridized carbons (Fsp3) is 0.100. The normalized spacial score (nSPS) is 8.07. The van der Waals surface area contributed by atoms with Gasteiger partial charge in [0.2, 0.25) is 0 Å². The molecule has 0 aliphatic carbocycles. The van der Waals surface area contributed by atoms with Gasteiger partial charge in [0.05, 0.1) is 0 Å². The molecule has 0 amide bonds. The summed E-state index contributed by atoms with van der Waals surface area (Å²) in [5.74, 6) is 0. The Morgan fingerprint density at radius 3 is 2.14 bits per heavy atom. The second-order valence-corrected chi connectivity index (χ2v) is 2.74. The van der Waals surface area contributed by atoms with Crippen molar-refractivity contribution in [1.29, 1.82) is 0 Å². The van der Waals surface area contributed by atoms with E-state index in [4.69, 9.17) is 0 Å². The zero-order chi connectivity index (χ0) is 7.68. The fourth-order valence-electron chi connectivity index (χ4n) is 1.24. The van der Waals surface area contributed by atoms with Crippen LogP contribution in [0.4, 0.5) is 0 Å². The molecule has 4 heteroatoms. The van der Waals surface area contributed by atoms with E-state index in [-0.39, 0.29) is 71.9 Å². The van der Waals surface area contributed by atoms with E-state index < -0.39 is 0 Å². The molecule has 0 saturated heterocycles. The van der Waals surface area contributed by atoms with E-state index in [2.05, 4.69) is 47.3 Å². The number of hydrogen-bond acceptors (Lipinski definition) is 0. The minimum Gasteiger partial charge on any atom is -1.00 e. The fourth-order valence-corrected chi connectivity index (χ4v) is 1.24. The number of aromatic nitrogens is 1. The minimum atomic E-state index is 0. The van der Waals surface area contributed by atoms with Crippen LogP contribution in [-0.4, -0.2) is 0 Å². The van der Waals surface area contributed by atoms with E-state index in [1.165, 1.54) is 10.8 Å². The molecule has 1 aromatic carbocycles. The molecule has 78 valence electrons. The van der Waals surface area contributed by atoms with Crippen molar-refractivity contribution in [3.8, 4) is 0 Å². The number of aryl methyl sites for hydroxylation is 1. The van der Waals surface area contributed by atoms with Crippen molar-refractivity contribution in [2.45, 2.75) is 0 Å². The van der Waals surface area contributed by atoms with Crippen molar-refractivity contribution >= 4 is 58.7 Å². The molecule has 0 aliphatic rings. The lowest BCUT2D eigenvalue weighted by Gasteiger charge is -1.92. The van der Waals surface area contributed by atoms with Crippen LogP contribution in [0.25, 0.3) is 10.8 Å². The first-order valence-electron chi connectivity index (χ1n) is 3.70. The molecule has 2 aromatic rings. The van der Waals surface area contributed by atoms with E-state index in [1.54, 1.807) is 0 Å². The standard InChI is InChI=1S/C10H10N.3HI/c1-11-7-6-9-4-2-3-5-10(9)8-11;;;/h2-8H,1H3;3*1H/q+1;;;/p-1. The third-order valence-electron chi connectivity index (χ3n) is 1.83. The highest BCUT2D eigenvalue weighted by Crippen LogP contribution is 2.08. The topological polar surface area (TPSA) is 3.88 Å². The Labute approximate surface area is 135 Å². The Morgan fingerprint density at radius 2 is 1.50 bits per heavy atom. The SMILES string of the molecule is C[n+]1ccc2ccccc2c1.I.I.[I-]. The average Bonchev–Trinajstić information content (AvgIpc) is 2.04. The number of benzene rings is 1. The van der Waals surface area contributed by atoms with Gasteiger partial charge in [-0.3, -0.25) is 0 Å². The lowest BCUT2D eigenvalue weighted by atomic mass is 10.2. The highest BCUT2D eigenvalue weighted by atomic mass is 127. The molecule has 14 heavy (non-hydrogen) atoms. The van der Waals surface area contributed by atoms with E-state index in [9.17, 15) is 0 Å². The molecule has 1 aromatic heterocycles. The zero-order valence-corrected chi connectivity index (χ0v) is 14.5. The van der Waals surface area contributed by atoms with Gasteiger partial charge in [-0.05, 0) is 11.5 Å². The third kappa shape index (κ3) is 4.13. The molecule has 0 saturated carbocycles. The van der Waals surface area contributed by atoms with E-state index in [0.29, 0.717) is 0 Å². The number of nitrogens with zero attached hydrogens (tertiary/aromatic N) is 1. The zero-order valence-electron chi connectivity index (χ0n) is 7.68. The van der Waals surface area contributed by atoms with Crippen LogP contribution in [0.15, 0.2) is 42.7 Å². The molecule has 0 atom stereocenters. The van der Waals surface area contributed by atoms with E-state index in [1.807, 2.05) is 7.05 Å². The maximum Gasteiger partial charge on any atom is 0.176 e. The molecule has 1 nitrogen and oxygen atoms in total. The summed E-state index contributed by atoms with van der Waals surface area (Å²) in [5.41, 5.74) is 0. The molecule has 0 unspecified atom stereocenters. The Balaban J connectivity index is 0. The monoisotopic (exact) mass is 527 g/mol. The van der Waals surface area contributed by atoms with Crippen molar-refractivity contribution < 1.29 is 28.5 Å². The number of hydrogen-bond donors (Lipinski definition) is 0. The minimum absolute atomic E-state index is 0. The number of fused-ring (bicyclic) bond motifs is 1. The van der Waals surface area contributed by atoms with Crippen LogP contribution >= 0.6 is 48.0 Å². The Hall–Kier alpha value is 0.820.